The molecule has 0 bridgehead atoms. The van der Waals surface area contributed by atoms with E-state index in [4.69, 9.17) is 5.11 Å². The van der Waals surface area contributed by atoms with Crippen LogP contribution in [0.15, 0.2) is 29.9 Å². The van der Waals surface area contributed by atoms with Crippen LogP contribution in [0.1, 0.15) is 36.0 Å². The topological polar surface area (TPSA) is 87.6 Å². The number of aromatic nitrogens is 1. The summed E-state index contributed by atoms with van der Waals surface area (Å²) in [7, 11) is 0. The Morgan fingerprint density at radius 2 is 2.00 bits per heavy atom. The zero-order chi connectivity index (χ0) is 14.3. The molecule has 0 spiro atoms. The summed E-state index contributed by atoms with van der Waals surface area (Å²) in [6, 6.07) is 3.94. The lowest BCUT2D eigenvalue weighted by Gasteiger charge is -2.11. The SMILES string of the molecule is O=C(O)c1ccc2c(c1)C(=O)N(Cc1cncs1)C2=O. The fourth-order valence-corrected chi connectivity index (χ4v) is 2.63. The van der Waals surface area contributed by atoms with Gasteiger partial charge in [-0.15, -0.1) is 11.3 Å². The number of aromatic carboxylic acids is 1. The maximum absolute atomic E-state index is 12.2. The Labute approximate surface area is 117 Å². The molecule has 0 saturated carbocycles. The number of thiazole rings is 1. The number of hydrogen-bond donors (Lipinski definition) is 1. The number of benzene rings is 1. The first-order chi connectivity index (χ1) is 9.58. The number of carboxylic acid groups (broad SMARTS) is 1. The lowest BCUT2D eigenvalue weighted by atomic mass is 10.1. The van der Waals surface area contributed by atoms with Gasteiger partial charge in [0.15, 0.2) is 0 Å². The molecule has 1 aliphatic rings. The van der Waals surface area contributed by atoms with Gasteiger partial charge in [-0.05, 0) is 18.2 Å². The van der Waals surface area contributed by atoms with Crippen LogP contribution in [-0.4, -0.2) is 32.8 Å². The molecule has 1 aromatic heterocycles. The number of nitrogens with zero attached hydrogens (tertiary/aromatic N) is 2. The number of carboxylic acids is 1. The van der Waals surface area contributed by atoms with E-state index in [1.54, 1.807) is 11.7 Å². The molecule has 0 radical (unpaired) electrons. The maximum atomic E-state index is 12.2. The molecule has 7 heteroatoms. The molecule has 0 saturated heterocycles. The highest BCUT2D eigenvalue weighted by molar-refractivity contribution is 7.09. The Hall–Kier alpha value is -2.54. The molecular formula is C13H8N2O4S. The minimum absolute atomic E-state index is 0.00968. The number of hydrogen-bond acceptors (Lipinski definition) is 5. The quantitative estimate of drug-likeness (QED) is 0.867. The van der Waals surface area contributed by atoms with E-state index in [1.807, 2.05) is 0 Å². The minimum Gasteiger partial charge on any atom is -0.478 e. The number of rotatable bonds is 3. The van der Waals surface area contributed by atoms with Crippen LogP contribution in [0, 0.1) is 0 Å². The molecule has 2 aromatic rings. The molecule has 0 aliphatic carbocycles. The number of fused-ring (bicyclic) bond motifs is 1. The second kappa shape index (κ2) is 4.53. The highest BCUT2D eigenvalue weighted by atomic mass is 32.1. The molecule has 1 aromatic carbocycles. The van der Waals surface area contributed by atoms with Crippen LogP contribution in [0.4, 0.5) is 0 Å². The summed E-state index contributed by atoms with van der Waals surface area (Å²) in [5.41, 5.74) is 1.99. The standard InChI is InChI=1S/C13H8N2O4S/c16-11-9-2-1-7(13(18)19)3-10(9)12(17)15(11)5-8-4-14-6-20-8/h1-4,6H,5H2,(H,18,19). The normalized spacial score (nSPS) is 13.7. The molecule has 2 amide bonds. The third kappa shape index (κ3) is 1.88. The van der Waals surface area contributed by atoms with Crippen molar-refractivity contribution in [1.82, 2.24) is 9.88 Å². The van der Waals surface area contributed by atoms with Gasteiger partial charge in [-0.25, -0.2) is 4.79 Å². The molecule has 1 aliphatic heterocycles. The van der Waals surface area contributed by atoms with Crippen molar-refractivity contribution in [1.29, 1.82) is 0 Å². The van der Waals surface area contributed by atoms with Crippen LogP contribution >= 0.6 is 11.3 Å². The van der Waals surface area contributed by atoms with E-state index in [0.717, 1.165) is 9.78 Å². The van der Waals surface area contributed by atoms with E-state index < -0.39 is 17.8 Å². The zero-order valence-electron chi connectivity index (χ0n) is 10.1. The first kappa shape index (κ1) is 12.5. The van der Waals surface area contributed by atoms with Crippen LogP contribution < -0.4 is 0 Å². The van der Waals surface area contributed by atoms with Crippen molar-refractivity contribution in [2.75, 3.05) is 0 Å². The average Bonchev–Trinajstić information content (AvgIpc) is 3.02. The monoisotopic (exact) mass is 288 g/mol. The molecule has 0 atom stereocenters. The Kier molecular flexibility index (Phi) is 2.83. The van der Waals surface area contributed by atoms with Crippen molar-refractivity contribution in [3.05, 3.63) is 51.5 Å². The van der Waals surface area contributed by atoms with Crippen molar-refractivity contribution in [3.8, 4) is 0 Å². The van der Waals surface area contributed by atoms with Crippen LogP contribution in [0.3, 0.4) is 0 Å². The summed E-state index contributed by atoms with van der Waals surface area (Å²) in [6.07, 6.45) is 1.59. The number of imide groups is 1. The van der Waals surface area contributed by atoms with Crippen LogP contribution in [0.2, 0.25) is 0 Å². The second-order valence-corrected chi connectivity index (χ2v) is 5.20. The summed E-state index contributed by atoms with van der Waals surface area (Å²) in [4.78, 5) is 41.1. The predicted molar refractivity (Wildman–Crippen MR) is 69.7 cm³/mol. The van der Waals surface area contributed by atoms with Crippen molar-refractivity contribution < 1.29 is 19.5 Å². The van der Waals surface area contributed by atoms with E-state index in [2.05, 4.69) is 4.98 Å². The predicted octanol–water partition coefficient (Wildman–Crippen LogP) is 1.64. The van der Waals surface area contributed by atoms with Crippen LogP contribution in [0.25, 0.3) is 0 Å². The van der Waals surface area contributed by atoms with Gasteiger partial charge in [-0.2, -0.15) is 0 Å². The molecular weight excluding hydrogens is 280 g/mol. The van der Waals surface area contributed by atoms with E-state index in [1.165, 1.54) is 29.5 Å². The smallest absolute Gasteiger partial charge is 0.335 e. The van der Waals surface area contributed by atoms with Gasteiger partial charge < -0.3 is 5.11 Å². The first-order valence-corrected chi connectivity index (χ1v) is 6.57. The molecule has 100 valence electrons. The van der Waals surface area contributed by atoms with Gasteiger partial charge in [-0.1, -0.05) is 0 Å². The molecule has 1 N–H and O–H groups in total. The second-order valence-electron chi connectivity index (χ2n) is 4.23. The Morgan fingerprint density at radius 1 is 1.25 bits per heavy atom. The summed E-state index contributed by atoms with van der Waals surface area (Å²) in [5.74, 6) is -2.01. The Bertz CT molecular complexity index is 724. The summed E-state index contributed by atoms with van der Waals surface area (Å²) in [5, 5.41) is 8.93. The number of amides is 2. The van der Waals surface area contributed by atoms with Crippen molar-refractivity contribution in [3.63, 3.8) is 0 Å². The van der Waals surface area contributed by atoms with E-state index >= 15 is 0 Å². The van der Waals surface area contributed by atoms with Gasteiger partial charge in [0.2, 0.25) is 0 Å². The van der Waals surface area contributed by atoms with Crippen molar-refractivity contribution in [2.24, 2.45) is 0 Å². The van der Waals surface area contributed by atoms with E-state index in [-0.39, 0.29) is 23.2 Å². The van der Waals surface area contributed by atoms with Crippen LogP contribution in [0.5, 0.6) is 0 Å². The summed E-state index contributed by atoms with van der Waals surface area (Å²) >= 11 is 1.35. The van der Waals surface area contributed by atoms with Gasteiger partial charge in [0, 0.05) is 11.1 Å². The third-order valence-corrected chi connectivity index (χ3v) is 3.78. The maximum Gasteiger partial charge on any atom is 0.335 e. The van der Waals surface area contributed by atoms with Crippen molar-refractivity contribution >= 4 is 29.1 Å². The average molecular weight is 288 g/mol. The largest absolute Gasteiger partial charge is 0.478 e. The number of carbonyl (C=O) groups excluding carboxylic acids is 2. The number of carbonyl (C=O) groups is 3. The Balaban J connectivity index is 1.97. The fourth-order valence-electron chi connectivity index (χ4n) is 2.04. The summed E-state index contributed by atoms with van der Waals surface area (Å²) < 4.78 is 0. The lowest BCUT2D eigenvalue weighted by Crippen LogP contribution is -2.28. The van der Waals surface area contributed by atoms with Gasteiger partial charge >= 0.3 is 5.97 Å². The highest BCUT2D eigenvalue weighted by Gasteiger charge is 2.36. The van der Waals surface area contributed by atoms with E-state index in [9.17, 15) is 14.4 Å². The minimum atomic E-state index is -1.13. The van der Waals surface area contributed by atoms with E-state index in [0.29, 0.717) is 0 Å². The van der Waals surface area contributed by atoms with Crippen LogP contribution in [-0.2, 0) is 6.54 Å². The summed E-state index contributed by atoms with van der Waals surface area (Å²) in [6.45, 7) is 0.152. The molecule has 6 nitrogen and oxygen atoms in total. The fraction of sp³-hybridized carbons (Fsp3) is 0.0769. The molecule has 2 heterocycles. The van der Waals surface area contributed by atoms with Gasteiger partial charge in [-0.3, -0.25) is 19.5 Å². The molecule has 0 fully saturated rings. The van der Waals surface area contributed by atoms with Gasteiger partial charge in [0.05, 0.1) is 28.7 Å². The Morgan fingerprint density at radius 3 is 2.65 bits per heavy atom. The van der Waals surface area contributed by atoms with Gasteiger partial charge in [0.1, 0.15) is 0 Å². The third-order valence-electron chi connectivity index (χ3n) is 3.02. The molecule has 0 unspecified atom stereocenters. The van der Waals surface area contributed by atoms with Crippen molar-refractivity contribution in [2.45, 2.75) is 6.54 Å². The molecule has 20 heavy (non-hydrogen) atoms. The lowest BCUT2D eigenvalue weighted by molar-refractivity contribution is 0.0642. The molecule has 3 rings (SSSR count). The highest BCUT2D eigenvalue weighted by Crippen LogP contribution is 2.26. The zero-order valence-corrected chi connectivity index (χ0v) is 10.9. The first-order valence-electron chi connectivity index (χ1n) is 5.69. The van der Waals surface area contributed by atoms with Gasteiger partial charge in [0.25, 0.3) is 11.8 Å².